The van der Waals surface area contributed by atoms with Crippen molar-refractivity contribution >= 4 is 11.3 Å². The summed E-state index contributed by atoms with van der Waals surface area (Å²) in [7, 11) is 0. The smallest absolute Gasteiger partial charge is 0.0794 e. The van der Waals surface area contributed by atoms with Gasteiger partial charge >= 0.3 is 0 Å². The number of thiazole rings is 1. The minimum atomic E-state index is 0.359. The van der Waals surface area contributed by atoms with Crippen molar-refractivity contribution in [3.8, 4) is 0 Å². The Morgan fingerprint density at radius 2 is 2.20 bits per heavy atom. The van der Waals surface area contributed by atoms with Gasteiger partial charge in [-0.25, -0.2) is 0 Å². The molecule has 3 heteroatoms. The van der Waals surface area contributed by atoms with Crippen LogP contribution in [-0.2, 0) is 6.42 Å². The van der Waals surface area contributed by atoms with Crippen LogP contribution < -0.4 is 5.32 Å². The summed E-state index contributed by atoms with van der Waals surface area (Å²) in [6.45, 7) is 10.7. The number of hydrogen-bond acceptors (Lipinski definition) is 3. The molecule has 3 atom stereocenters. The molecule has 20 heavy (non-hydrogen) atoms. The Balaban J connectivity index is 2.05. The summed E-state index contributed by atoms with van der Waals surface area (Å²) in [5, 5.41) is 3.83. The first-order chi connectivity index (χ1) is 9.53. The molecule has 0 amide bonds. The lowest BCUT2D eigenvalue weighted by Crippen LogP contribution is -2.47. The highest BCUT2D eigenvalue weighted by Crippen LogP contribution is 2.42. The maximum absolute atomic E-state index is 4.24. The summed E-state index contributed by atoms with van der Waals surface area (Å²) in [6.07, 6.45) is 8.55. The monoisotopic (exact) mass is 294 g/mol. The lowest BCUT2D eigenvalue weighted by Gasteiger charge is -2.44. The Morgan fingerprint density at radius 1 is 1.40 bits per heavy atom. The van der Waals surface area contributed by atoms with Crippen LogP contribution in [0.3, 0.4) is 0 Å². The lowest BCUT2D eigenvalue weighted by molar-refractivity contribution is 0.0947. The van der Waals surface area contributed by atoms with Gasteiger partial charge in [0.15, 0.2) is 0 Å². The zero-order valence-electron chi connectivity index (χ0n) is 13.5. The molecular formula is C17H30N2S. The average Bonchev–Trinajstić information content (AvgIpc) is 2.88. The van der Waals surface area contributed by atoms with E-state index in [-0.39, 0.29) is 0 Å². The highest BCUT2D eigenvalue weighted by molar-refractivity contribution is 7.09. The normalized spacial score (nSPS) is 27.7. The first-order valence-corrected chi connectivity index (χ1v) is 9.01. The molecule has 1 N–H and O–H groups in total. The highest BCUT2D eigenvalue weighted by atomic mass is 32.1. The van der Waals surface area contributed by atoms with Crippen LogP contribution in [0.15, 0.2) is 11.7 Å². The molecule has 1 aliphatic carbocycles. The van der Waals surface area contributed by atoms with E-state index in [0.717, 1.165) is 18.4 Å². The molecule has 1 aromatic rings. The molecule has 2 rings (SSSR count). The van der Waals surface area contributed by atoms with E-state index in [1.807, 2.05) is 11.7 Å². The van der Waals surface area contributed by atoms with Gasteiger partial charge in [-0.05, 0) is 49.5 Å². The number of rotatable bonds is 6. The maximum atomic E-state index is 4.24. The maximum Gasteiger partial charge on any atom is 0.0794 e. The molecule has 0 radical (unpaired) electrons. The SMILES string of the molecule is CCCNC1CC(C)CCC1C(C)(C)Cc1cncs1. The van der Waals surface area contributed by atoms with Crippen molar-refractivity contribution in [1.82, 2.24) is 10.3 Å². The molecule has 1 aromatic heterocycles. The molecule has 0 bridgehead atoms. The topological polar surface area (TPSA) is 24.9 Å². The Hall–Kier alpha value is -0.410. The van der Waals surface area contributed by atoms with Crippen molar-refractivity contribution in [2.45, 2.75) is 65.8 Å². The second-order valence-electron chi connectivity index (χ2n) is 7.22. The summed E-state index contributed by atoms with van der Waals surface area (Å²) >= 11 is 1.80. The van der Waals surface area contributed by atoms with Crippen LogP contribution in [0.5, 0.6) is 0 Å². The van der Waals surface area contributed by atoms with Crippen molar-refractivity contribution in [2.75, 3.05) is 6.54 Å². The van der Waals surface area contributed by atoms with Gasteiger partial charge in [0.05, 0.1) is 5.51 Å². The fraction of sp³-hybridized carbons (Fsp3) is 0.824. The lowest BCUT2D eigenvalue weighted by atomic mass is 9.65. The zero-order valence-corrected chi connectivity index (χ0v) is 14.3. The van der Waals surface area contributed by atoms with Crippen molar-refractivity contribution in [3.63, 3.8) is 0 Å². The second-order valence-corrected chi connectivity index (χ2v) is 8.19. The molecule has 1 heterocycles. The van der Waals surface area contributed by atoms with Crippen LogP contribution in [0.25, 0.3) is 0 Å². The van der Waals surface area contributed by atoms with Crippen LogP contribution in [0.1, 0.15) is 58.3 Å². The van der Waals surface area contributed by atoms with Gasteiger partial charge in [-0.1, -0.05) is 34.1 Å². The number of nitrogens with one attached hydrogen (secondary N) is 1. The largest absolute Gasteiger partial charge is 0.314 e. The molecule has 0 aliphatic heterocycles. The highest BCUT2D eigenvalue weighted by Gasteiger charge is 2.38. The number of hydrogen-bond donors (Lipinski definition) is 1. The molecule has 3 unspecified atom stereocenters. The van der Waals surface area contributed by atoms with Crippen molar-refractivity contribution < 1.29 is 0 Å². The molecule has 0 aromatic carbocycles. The number of nitrogens with zero attached hydrogens (tertiary/aromatic N) is 1. The minimum Gasteiger partial charge on any atom is -0.314 e. The first kappa shape index (κ1) is 16.0. The van der Waals surface area contributed by atoms with Crippen LogP contribution >= 0.6 is 11.3 Å². The molecule has 1 aliphatic rings. The van der Waals surface area contributed by atoms with Crippen molar-refractivity contribution in [3.05, 3.63) is 16.6 Å². The molecule has 114 valence electrons. The van der Waals surface area contributed by atoms with E-state index in [2.05, 4.69) is 38.0 Å². The van der Waals surface area contributed by atoms with E-state index in [9.17, 15) is 0 Å². The van der Waals surface area contributed by atoms with Gasteiger partial charge in [-0.3, -0.25) is 4.98 Å². The van der Waals surface area contributed by atoms with Gasteiger partial charge in [-0.2, -0.15) is 0 Å². The fourth-order valence-electron chi connectivity index (χ4n) is 3.78. The Bertz CT molecular complexity index is 386. The third-order valence-electron chi connectivity index (χ3n) is 4.89. The van der Waals surface area contributed by atoms with Crippen molar-refractivity contribution in [1.29, 1.82) is 0 Å². The van der Waals surface area contributed by atoms with E-state index in [4.69, 9.17) is 0 Å². The van der Waals surface area contributed by atoms with Crippen LogP contribution in [0.2, 0.25) is 0 Å². The molecular weight excluding hydrogens is 264 g/mol. The Labute approximate surface area is 128 Å². The van der Waals surface area contributed by atoms with E-state index in [1.54, 1.807) is 11.3 Å². The summed E-state index contributed by atoms with van der Waals surface area (Å²) in [5.74, 6) is 1.66. The molecule has 0 saturated heterocycles. The Kier molecular flexibility index (Phi) is 5.62. The predicted octanol–water partition coefficient (Wildman–Crippen LogP) is 4.52. The quantitative estimate of drug-likeness (QED) is 0.834. The Morgan fingerprint density at radius 3 is 2.85 bits per heavy atom. The molecule has 1 saturated carbocycles. The van der Waals surface area contributed by atoms with Gasteiger partial charge in [0, 0.05) is 17.1 Å². The summed E-state index contributed by atoms with van der Waals surface area (Å²) < 4.78 is 0. The summed E-state index contributed by atoms with van der Waals surface area (Å²) in [6, 6.07) is 0.696. The van der Waals surface area contributed by atoms with Gasteiger partial charge < -0.3 is 5.32 Å². The van der Waals surface area contributed by atoms with Gasteiger partial charge in [0.25, 0.3) is 0 Å². The molecule has 0 spiro atoms. The number of aromatic nitrogens is 1. The average molecular weight is 295 g/mol. The van der Waals surface area contributed by atoms with Gasteiger partial charge in [-0.15, -0.1) is 11.3 Å². The minimum absolute atomic E-state index is 0.359. The van der Waals surface area contributed by atoms with Gasteiger partial charge in [0.1, 0.15) is 0 Å². The third-order valence-corrected chi connectivity index (χ3v) is 5.67. The standard InChI is InChI=1S/C17H30N2S/c1-5-8-19-16-9-13(2)6-7-15(16)17(3,4)10-14-11-18-12-20-14/h11-13,15-16,19H,5-10H2,1-4H3. The van der Waals surface area contributed by atoms with E-state index < -0.39 is 0 Å². The first-order valence-electron chi connectivity index (χ1n) is 8.13. The fourth-order valence-corrected chi connectivity index (χ4v) is 4.62. The van der Waals surface area contributed by atoms with E-state index in [0.29, 0.717) is 11.5 Å². The zero-order chi connectivity index (χ0) is 14.6. The predicted molar refractivity (Wildman–Crippen MR) is 88.2 cm³/mol. The van der Waals surface area contributed by atoms with E-state index >= 15 is 0 Å². The van der Waals surface area contributed by atoms with Crippen LogP contribution in [-0.4, -0.2) is 17.6 Å². The second kappa shape index (κ2) is 7.04. The molecule has 1 fully saturated rings. The van der Waals surface area contributed by atoms with E-state index in [1.165, 1.54) is 37.0 Å². The summed E-state index contributed by atoms with van der Waals surface area (Å²) in [4.78, 5) is 5.67. The summed E-state index contributed by atoms with van der Waals surface area (Å²) in [5.41, 5.74) is 2.32. The van der Waals surface area contributed by atoms with Gasteiger partial charge in [0.2, 0.25) is 0 Å². The molecule has 2 nitrogen and oxygen atoms in total. The van der Waals surface area contributed by atoms with Crippen molar-refractivity contribution in [2.24, 2.45) is 17.3 Å². The van der Waals surface area contributed by atoms with Crippen LogP contribution in [0.4, 0.5) is 0 Å². The third kappa shape index (κ3) is 4.05. The van der Waals surface area contributed by atoms with Crippen LogP contribution in [0, 0.1) is 17.3 Å².